The lowest BCUT2D eigenvalue weighted by atomic mass is 9.88. The summed E-state index contributed by atoms with van der Waals surface area (Å²) in [5.41, 5.74) is -0.308. The summed E-state index contributed by atoms with van der Waals surface area (Å²) in [6.07, 6.45) is -0.0256. The van der Waals surface area contributed by atoms with E-state index in [1.165, 1.54) is 0 Å². The van der Waals surface area contributed by atoms with Crippen LogP contribution >= 0.6 is 0 Å². The largest absolute Gasteiger partial charge is 0.440 e. The smallest absolute Gasteiger partial charge is 0.289 e. The Bertz CT molecular complexity index is 277. The Labute approximate surface area is 184 Å². The van der Waals surface area contributed by atoms with Crippen LogP contribution in [0.3, 0.4) is 0 Å². The molecule has 0 bridgehead atoms. The van der Waals surface area contributed by atoms with Gasteiger partial charge in [-0.3, -0.25) is 0 Å². The highest BCUT2D eigenvalue weighted by Crippen LogP contribution is 2.20. The molecule has 29 heavy (non-hydrogen) atoms. The van der Waals surface area contributed by atoms with Gasteiger partial charge in [-0.05, 0) is 0 Å². The molecule has 0 aromatic heterocycles. The van der Waals surface area contributed by atoms with E-state index in [0.29, 0.717) is 39.6 Å². The Kier molecular flexibility index (Phi) is 26.4. The minimum atomic E-state index is -0.308. The fraction of sp³-hybridized carbons (Fsp3) is 1.00. The summed E-state index contributed by atoms with van der Waals surface area (Å²) in [4.78, 5) is 0. The van der Waals surface area contributed by atoms with Crippen molar-refractivity contribution in [3.63, 3.8) is 0 Å². The van der Waals surface area contributed by atoms with Crippen LogP contribution in [-0.4, -0.2) is 98.1 Å². The molecule has 0 N–H and O–H groups in total. The van der Waals surface area contributed by atoms with E-state index >= 15 is 0 Å². The van der Waals surface area contributed by atoms with Gasteiger partial charge in [0.1, 0.15) is 0 Å². The van der Waals surface area contributed by atoms with Crippen molar-refractivity contribution in [2.75, 3.05) is 39.6 Å². The van der Waals surface area contributed by atoms with Crippen molar-refractivity contribution >= 4 is 52.4 Å². The molecule has 0 unspecified atom stereocenters. The van der Waals surface area contributed by atoms with Crippen LogP contribution in [0, 0.1) is 5.41 Å². The van der Waals surface area contributed by atoms with E-state index in [1.807, 2.05) is 47.8 Å². The maximum atomic E-state index is 5.38. The molecular formula is C15H34B7O7. The Morgan fingerprint density at radius 1 is 0.483 bits per heavy atom. The molecule has 7 nitrogen and oxygen atoms in total. The van der Waals surface area contributed by atoms with Crippen LogP contribution in [0.2, 0.25) is 47.8 Å². The monoisotopic (exact) mass is 403 g/mol. The Balaban J connectivity index is 0. The van der Waals surface area contributed by atoms with Crippen LogP contribution in [0.4, 0.5) is 0 Å². The van der Waals surface area contributed by atoms with E-state index in [1.54, 1.807) is 52.4 Å². The summed E-state index contributed by atoms with van der Waals surface area (Å²) in [5, 5.41) is 0. The molecule has 0 aromatic rings. The highest BCUT2D eigenvalue weighted by Gasteiger charge is 2.31. The second-order valence-electron chi connectivity index (χ2n) is 5.82. The zero-order chi connectivity index (χ0) is 22.2. The van der Waals surface area contributed by atoms with Gasteiger partial charge in [-0.1, -0.05) is 47.8 Å². The van der Waals surface area contributed by atoms with Gasteiger partial charge in [-0.15, -0.1) is 0 Å². The normalized spacial score (nSPS) is 10.6. The molecule has 7 radical (unpaired) electrons. The van der Waals surface area contributed by atoms with Gasteiger partial charge < -0.3 is 32.6 Å². The molecule has 0 saturated carbocycles. The second kappa shape index (κ2) is 24.4. The predicted molar refractivity (Wildman–Crippen MR) is 124 cm³/mol. The SMILES string of the molecule is C[B]OCC(CO[B]C)(CO[B]C)CO[B]C.C[B]OCC(CO[B]C)O[B]C. The van der Waals surface area contributed by atoms with Crippen LogP contribution < -0.4 is 0 Å². The quantitative estimate of drug-likeness (QED) is 0.283. The summed E-state index contributed by atoms with van der Waals surface area (Å²) in [6.45, 7) is 15.9. The van der Waals surface area contributed by atoms with Crippen LogP contribution in [0.15, 0.2) is 0 Å². The molecule has 0 saturated heterocycles. The average Bonchev–Trinajstić information content (AvgIpc) is 2.75. The van der Waals surface area contributed by atoms with Crippen molar-refractivity contribution in [2.45, 2.75) is 53.9 Å². The van der Waals surface area contributed by atoms with E-state index in [0.717, 1.165) is 0 Å². The molecule has 0 atom stereocenters. The van der Waals surface area contributed by atoms with Crippen molar-refractivity contribution in [1.29, 1.82) is 0 Å². The van der Waals surface area contributed by atoms with Gasteiger partial charge in [0.25, 0.3) is 52.4 Å². The fourth-order valence-corrected chi connectivity index (χ4v) is 2.02. The van der Waals surface area contributed by atoms with Gasteiger partial charge in [0.15, 0.2) is 0 Å². The molecule has 0 rings (SSSR count). The standard InChI is InChI=1S/C9H20B4O4.C6H14B3O3/c1-10-14-5-9(6-15-11-2,7-16-12-3)8-17-13-4;1-7-10-4-6(12-9-3)5-11-8-2/h5-8H2,1-4H3;6H,4-5H2,1-3H3. The van der Waals surface area contributed by atoms with Gasteiger partial charge in [0.05, 0.1) is 24.7 Å². The molecule has 0 amide bonds. The first-order valence-corrected chi connectivity index (χ1v) is 9.89. The minimum Gasteiger partial charge on any atom is -0.440 e. The Hall–Kier alpha value is 0.175. The number of rotatable bonds is 20. The molecule has 0 spiro atoms. The summed E-state index contributed by atoms with van der Waals surface area (Å²) in [7, 11) is 11.6. The Morgan fingerprint density at radius 3 is 1.03 bits per heavy atom. The summed E-state index contributed by atoms with van der Waals surface area (Å²) in [5.74, 6) is 0. The molecule has 0 aliphatic carbocycles. The third-order valence-electron chi connectivity index (χ3n) is 3.45. The predicted octanol–water partition coefficient (Wildman–Crippen LogP) is 1.12. The van der Waals surface area contributed by atoms with Crippen LogP contribution in [-0.2, 0) is 32.6 Å². The van der Waals surface area contributed by atoms with Gasteiger partial charge >= 0.3 is 0 Å². The number of hydrogen-bond acceptors (Lipinski definition) is 7. The van der Waals surface area contributed by atoms with E-state index < -0.39 is 0 Å². The van der Waals surface area contributed by atoms with E-state index in [4.69, 9.17) is 32.6 Å². The van der Waals surface area contributed by atoms with Gasteiger partial charge in [-0.25, -0.2) is 0 Å². The van der Waals surface area contributed by atoms with E-state index in [9.17, 15) is 0 Å². The zero-order valence-electron chi connectivity index (χ0n) is 19.2. The topological polar surface area (TPSA) is 64.6 Å². The van der Waals surface area contributed by atoms with E-state index in [2.05, 4.69) is 0 Å². The number of hydrogen-bond donors (Lipinski definition) is 0. The maximum Gasteiger partial charge on any atom is 0.289 e. The summed E-state index contributed by atoms with van der Waals surface area (Å²) >= 11 is 0. The van der Waals surface area contributed by atoms with Crippen molar-refractivity contribution in [1.82, 2.24) is 0 Å². The Morgan fingerprint density at radius 2 is 0.793 bits per heavy atom. The lowest BCUT2D eigenvalue weighted by molar-refractivity contribution is 0.000174. The third kappa shape index (κ3) is 19.9. The maximum absolute atomic E-state index is 5.38. The van der Waals surface area contributed by atoms with Crippen molar-refractivity contribution < 1.29 is 32.6 Å². The van der Waals surface area contributed by atoms with Crippen molar-refractivity contribution in [3.05, 3.63) is 0 Å². The highest BCUT2D eigenvalue weighted by molar-refractivity contribution is 6.26. The molecule has 0 aliphatic heterocycles. The zero-order valence-corrected chi connectivity index (χ0v) is 19.2. The highest BCUT2D eigenvalue weighted by atomic mass is 16.5. The minimum absolute atomic E-state index is 0.0256. The lowest BCUT2D eigenvalue weighted by Crippen LogP contribution is -2.42. The molecule has 0 heterocycles. The van der Waals surface area contributed by atoms with Crippen LogP contribution in [0.1, 0.15) is 0 Å². The van der Waals surface area contributed by atoms with Crippen molar-refractivity contribution in [2.24, 2.45) is 5.41 Å². The van der Waals surface area contributed by atoms with Gasteiger partial charge in [0.2, 0.25) is 0 Å². The van der Waals surface area contributed by atoms with E-state index in [-0.39, 0.29) is 11.5 Å². The average molecular weight is 402 g/mol. The molecule has 157 valence electrons. The van der Waals surface area contributed by atoms with Crippen LogP contribution in [0.25, 0.3) is 0 Å². The third-order valence-corrected chi connectivity index (χ3v) is 3.45. The second-order valence-corrected chi connectivity index (χ2v) is 5.82. The van der Waals surface area contributed by atoms with Crippen molar-refractivity contribution in [3.8, 4) is 0 Å². The molecule has 0 fully saturated rings. The summed E-state index contributed by atoms with van der Waals surface area (Å²) < 4.78 is 36.9. The van der Waals surface area contributed by atoms with Gasteiger partial charge in [0, 0.05) is 26.4 Å². The molecule has 0 aliphatic rings. The fourth-order valence-electron chi connectivity index (χ4n) is 2.02. The molecule has 0 aromatic carbocycles. The first kappa shape index (κ1) is 31.4. The molecule has 14 heteroatoms. The first-order chi connectivity index (χ1) is 14.1. The van der Waals surface area contributed by atoms with Gasteiger partial charge in [-0.2, -0.15) is 0 Å². The lowest BCUT2D eigenvalue weighted by Gasteiger charge is -2.33. The summed E-state index contributed by atoms with van der Waals surface area (Å²) in [6, 6.07) is 0. The van der Waals surface area contributed by atoms with Crippen LogP contribution in [0.5, 0.6) is 0 Å². The molecular weight excluding hydrogens is 368 g/mol. The first-order valence-electron chi connectivity index (χ1n) is 9.89.